The fraction of sp³-hybridized carbons (Fsp3) is 0. The molecule has 3 radical (unpaired) electrons. The summed E-state index contributed by atoms with van der Waals surface area (Å²) in [4.78, 5) is 0. The molecule has 0 saturated heterocycles. The maximum Gasteiger partial charge on any atom is 0.00191 e. The molecule has 4 heteroatoms. The van der Waals surface area contributed by atoms with E-state index in [1.807, 2.05) is 0 Å². The van der Waals surface area contributed by atoms with Gasteiger partial charge in [0.2, 0.25) is 0 Å². The Morgan fingerprint density at radius 3 is 1.25 bits per heavy atom. The fourth-order valence-electron chi connectivity index (χ4n) is 0. The molecule has 0 N–H and O–H groups in total. The lowest BCUT2D eigenvalue weighted by atomic mass is 31.0. The predicted octanol–water partition coefficient (Wildman–Crippen LogP) is 3.20. The largest absolute Gasteiger partial charge is 0.00382 e. The summed E-state index contributed by atoms with van der Waals surface area (Å²) in [5, 5.41) is 0. The SMILES string of the molecule is BrSBr.[P]. The van der Waals surface area contributed by atoms with Crippen LogP contribution in [0.1, 0.15) is 0 Å². The minimum atomic E-state index is 0. The van der Waals surface area contributed by atoms with Gasteiger partial charge in [0.15, 0.2) is 0 Å². The monoisotopic (exact) mass is 221 g/mol. The average Bonchev–Trinajstić information content (AvgIpc) is 0.918. The second-order valence-corrected chi connectivity index (χ2v) is 4.72. The van der Waals surface area contributed by atoms with Gasteiger partial charge in [0.25, 0.3) is 0 Å². The van der Waals surface area contributed by atoms with Crippen LogP contribution in [0.2, 0.25) is 0 Å². The van der Waals surface area contributed by atoms with Crippen LogP contribution in [0.4, 0.5) is 0 Å². The van der Waals surface area contributed by atoms with Crippen LogP contribution in [-0.2, 0) is 0 Å². The second-order valence-electron chi connectivity index (χ2n) is 0.0583. The molecule has 0 atom stereocenters. The van der Waals surface area contributed by atoms with Gasteiger partial charge < -0.3 is 0 Å². The van der Waals surface area contributed by atoms with Crippen LogP contribution >= 0.6 is 48.2 Å². The van der Waals surface area contributed by atoms with Crippen molar-refractivity contribution in [3.05, 3.63) is 0 Å². The van der Waals surface area contributed by atoms with Gasteiger partial charge in [-0.25, -0.2) is 0 Å². The zero-order chi connectivity index (χ0) is 2.71. The van der Waals surface area contributed by atoms with Crippen LogP contribution in [0, 0.1) is 0 Å². The molecule has 0 aromatic heterocycles. The van der Waals surface area contributed by atoms with Crippen molar-refractivity contribution in [3.8, 4) is 0 Å². The topological polar surface area (TPSA) is 0 Å². The molecule has 0 unspecified atom stereocenters. The standard InChI is InChI=1S/Br2S.P/c1-3-2;. The molecule has 25 valence electrons. The van der Waals surface area contributed by atoms with Gasteiger partial charge in [0, 0.05) is 39.5 Å². The highest BCUT2D eigenvalue weighted by molar-refractivity contribution is 9.82. The zero-order valence-corrected chi connectivity index (χ0v) is 6.49. The van der Waals surface area contributed by atoms with E-state index < -0.39 is 0 Å². The third-order valence-corrected chi connectivity index (χ3v) is 0. The van der Waals surface area contributed by atoms with Crippen LogP contribution < -0.4 is 0 Å². The molecular formula is Br2PS. The van der Waals surface area contributed by atoms with Crippen molar-refractivity contribution in [2.45, 2.75) is 0 Å². The summed E-state index contributed by atoms with van der Waals surface area (Å²) in [5.74, 6) is 0. The summed E-state index contributed by atoms with van der Waals surface area (Å²) >= 11 is 5.96. The van der Waals surface area contributed by atoms with E-state index in [2.05, 4.69) is 29.6 Å². The molecule has 0 aromatic carbocycles. The fourth-order valence-corrected chi connectivity index (χ4v) is 0. The summed E-state index contributed by atoms with van der Waals surface area (Å²) in [6.07, 6.45) is 0. The van der Waals surface area contributed by atoms with Crippen molar-refractivity contribution in [2.75, 3.05) is 0 Å². The Morgan fingerprint density at radius 2 is 1.25 bits per heavy atom. The Bertz CT molecular complexity index is 6.00. The number of halogens is 2. The summed E-state index contributed by atoms with van der Waals surface area (Å²) in [5.41, 5.74) is 0. The molecule has 0 nitrogen and oxygen atoms in total. The summed E-state index contributed by atoms with van der Waals surface area (Å²) in [7, 11) is 1.38. The van der Waals surface area contributed by atoms with Crippen molar-refractivity contribution in [1.82, 2.24) is 0 Å². The first-order valence-electron chi connectivity index (χ1n) is 0.309. The van der Waals surface area contributed by atoms with E-state index in [0.717, 1.165) is 0 Å². The van der Waals surface area contributed by atoms with E-state index >= 15 is 0 Å². The van der Waals surface area contributed by atoms with Gasteiger partial charge in [-0.3, -0.25) is 0 Å². The van der Waals surface area contributed by atoms with Gasteiger partial charge >= 0.3 is 0 Å². The average molecular weight is 223 g/mol. The second kappa shape index (κ2) is 8.83. The highest BCUT2D eigenvalue weighted by Gasteiger charge is 1.41. The van der Waals surface area contributed by atoms with Crippen molar-refractivity contribution >= 4 is 48.2 Å². The summed E-state index contributed by atoms with van der Waals surface area (Å²) < 4.78 is 0. The van der Waals surface area contributed by atoms with Gasteiger partial charge in [-0.05, 0) is 8.63 Å². The molecule has 0 heterocycles. The summed E-state index contributed by atoms with van der Waals surface area (Å²) in [6, 6.07) is 0. The Kier molecular flexibility index (Phi) is 20.4. The molecule has 0 amide bonds. The van der Waals surface area contributed by atoms with Crippen LogP contribution in [0.25, 0.3) is 0 Å². The molecule has 0 aliphatic carbocycles. The lowest BCUT2D eigenvalue weighted by molar-refractivity contribution is 6.70. The molecule has 0 aliphatic rings. The summed E-state index contributed by atoms with van der Waals surface area (Å²) in [6.45, 7) is 0. The third kappa shape index (κ3) is 9.27. The van der Waals surface area contributed by atoms with Crippen molar-refractivity contribution in [2.24, 2.45) is 0 Å². The maximum atomic E-state index is 2.98. The highest BCUT2D eigenvalue weighted by atomic mass is 79.9. The van der Waals surface area contributed by atoms with Gasteiger partial charge in [-0.2, -0.15) is 0 Å². The van der Waals surface area contributed by atoms with E-state index in [9.17, 15) is 0 Å². The van der Waals surface area contributed by atoms with Gasteiger partial charge in [-0.1, -0.05) is 0 Å². The van der Waals surface area contributed by atoms with E-state index in [-0.39, 0.29) is 9.90 Å². The predicted molar refractivity (Wildman–Crippen MR) is 32.4 cm³/mol. The minimum Gasteiger partial charge on any atom is -0.00382 e. The molecule has 0 spiro atoms. The first-order valence-corrected chi connectivity index (χ1v) is 4.81. The molecule has 0 rings (SSSR count). The van der Waals surface area contributed by atoms with E-state index in [0.29, 0.717) is 0 Å². The Balaban J connectivity index is 0. The van der Waals surface area contributed by atoms with Crippen LogP contribution in [0.3, 0.4) is 0 Å². The Morgan fingerprint density at radius 1 is 1.25 bits per heavy atom. The molecule has 4 heavy (non-hydrogen) atoms. The number of hydrogen-bond donors (Lipinski definition) is 0. The lowest BCUT2D eigenvalue weighted by Gasteiger charge is -1.41. The van der Waals surface area contributed by atoms with Crippen LogP contribution in [-0.4, -0.2) is 0 Å². The Hall–Kier alpha value is 1.74. The molecule has 0 aromatic rings. The normalized spacial score (nSPS) is 4.50. The number of rotatable bonds is 0. The van der Waals surface area contributed by atoms with Gasteiger partial charge in [0.1, 0.15) is 0 Å². The molecule has 0 aliphatic heterocycles. The van der Waals surface area contributed by atoms with E-state index in [4.69, 9.17) is 0 Å². The first-order chi connectivity index (χ1) is 1.41. The highest BCUT2D eigenvalue weighted by Crippen LogP contribution is 2.17. The third-order valence-electron chi connectivity index (χ3n) is 0. The van der Waals surface area contributed by atoms with Gasteiger partial charge in [0.05, 0.1) is 0 Å². The molecule has 0 fully saturated rings. The van der Waals surface area contributed by atoms with E-state index in [1.54, 1.807) is 0 Å². The molecule has 0 saturated carbocycles. The molecular weight excluding hydrogens is 223 g/mol. The van der Waals surface area contributed by atoms with Gasteiger partial charge in [-0.15, -0.1) is 0 Å². The van der Waals surface area contributed by atoms with Crippen LogP contribution in [0.15, 0.2) is 0 Å². The van der Waals surface area contributed by atoms with Crippen molar-refractivity contribution in [1.29, 1.82) is 0 Å². The number of hydrogen-bond acceptors (Lipinski definition) is 1. The molecule has 0 bridgehead atoms. The minimum absolute atomic E-state index is 0. The maximum absolute atomic E-state index is 2.98. The zero-order valence-electron chi connectivity index (χ0n) is 1.61. The quantitative estimate of drug-likeness (QED) is 0.568. The lowest BCUT2D eigenvalue weighted by Crippen LogP contribution is -0.670. The van der Waals surface area contributed by atoms with Crippen molar-refractivity contribution < 1.29 is 0 Å². The Labute approximate surface area is 48.1 Å². The van der Waals surface area contributed by atoms with E-state index in [1.165, 1.54) is 8.63 Å². The van der Waals surface area contributed by atoms with Crippen LogP contribution in [0.5, 0.6) is 0 Å². The smallest absolute Gasteiger partial charge is 0.00191 e. The first kappa shape index (κ1) is 9.22. The van der Waals surface area contributed by atoms with Crippen molar-refractivity contribution in [3.63, 3.8) is 0 Å².